The average Bonchev–Trinajstić information content (AvgIpc) is 2.34. The zero-order valence-electron chi connectivity index (χ0n) is 9.20. The molecule has 2 aromatic carbocycles. The van der Waals surface area contributed by atoms with E-state index in [1.807, 2.05) is 0 Å². The van der Waals surface area contributed by atoms with Crippen LogP contribution in [0.5, 0.6) is 0 Å². The van der Waals surface area contributed by atoms with E-state index in [2.05, 4.69) is 0 Å². The van der Waals surface area contributed by atoms with Crippen LogP contribution in [0, 0.1) is 36.0 Å². The third-order valence-electron chi connectivity index (χ3n) is 2.52. The summed E-state index contributed by atoms with van der Waals surface area (Å²) in [5.41, 5.74) is -0.311. The molecule has 5 heteroatoms. The van der Waals surface area contributed by atoms with Gasteiger partial charge in [0.15, 0.2) is 23.3 Å². The summed E-state index contributed by atoms with van der Waals surface area (Å²) in [5, 5.41) is 0. The molecule has 0 fully saturated rings. The van der Waals surface area contributed by atoms with Crippen molar-refractivity contribution in [3.05, 3.63) is 58.9 Å². The number of rotatable bonds is 1. The Hall–Kier alpha value is -1.91. The van der Waals surface area contributed by atoms with Crippen LogP contribution in [0.3, 0.4) is 0 Å². The van der Waals surface area contributed by atoms with Crippen LogP contribution in [0.2, 0.25) is 0 Å². The van der Waals surface area contributed by atoms with Crippen LogP contribution in [-0.4, -0.2) is 0 Å². The maximum Gasteiger partial charge on any atom is 0.200 e. The number of aryl methyl sites for hydroxylation is 1. The van der Waals surface area contributed by atoms with Gasteiger partial charge in [-0.2, -0.15) is 0 Å². The van der Waals surface area contributed by atoms with Gasteiger partial charge in [-0.1, -0.05) is 29.8 Å². The molecule has 0 amide bonds. The van der Waals surface area contributed by atoms with Crippen LogP contribution < -0.4 is 0 Å². The molecule has 0 aliphatic heterocycles. The third-order valence-corrected chi connectivity index (χ3v) is 2.52. The Bertz CT molecular complexity index is 590. The highest BCUT2D eigenvalue weighted by atomic mass is 19.2. The lowest BCUT2D eigenvalue weighted by Gasteiger charge is -2.08. The highest BCUT2D eigenvalue weighted by Gasteiger charge is 2.26. The summed E-state index contributed by atoms with van der Waals surface area (Å²) in [5.74, 6) is -9.67. The monoisotopic (exact) mass is 258 g/mol. The van der Waals surface area contributed by atoms with Crippen LogP contribution in [0.15, 0.2) is 24.3 Å². The van der Waals surface area contributed by atoms with E-state index in [1.165, 1.54) is 18.2 Å². The molecule has 0 heterocycles. The van der Waals surface area contributed by atoms with Gasteiger partial charge in [0.1, 0.15) is 0 Å². The van der Waals surface area contributed by atoms with Gasteiger partial charge >= 0.3 is 0 Å². The Morgan fingerprint density at radius 1 is 0.722 bits per heavy atom. The molecule has 0 atom stereocenters. The molecule has 0 aliphatic rings. The van der Waals surface area contributed by atoms with Crippen molar-refractivity contribution in [3.8, 4) is 11.1 Å². The minimum Gasteiger partial charge on any atom is -0.203 e. The second-order valence-corrected chi connectivity index (χ2v) is 3.81. The van der Waals surface area contributed by atoms with Crippen molar-refractivity contribution in [3.63, 3.8) is 0 Å². The maximum atomic E-state index is 13.5. The fourth-order valence-electron chi connectivity index (χ4n) is 1.66. The first-order valence-electron chi connectivity index (χ1n) is 5.02. The molecule has 0 radical (unpaired) electrons. The lowest BCUT2D eigenvalue weighted by molar-refractivity contribution is 0.381. The normalized spacial score (nSPS) is 10.8. The van der Waals surface area contributed by atoms with Crippen LogP contribution in [0.4, 0.5) is 22.0 Å². The summed E-state index contributed by atoms with van der Waals surface area (Å²) >= 11 is 0. The summed E-state index contributed by atoms with van der Waals surface area (Å²) in [6.45, 7) is 1.65. The molecule has 0 saturated carbocycles. The van der Waals surface area contributed by atoms with Crippen molar-refractivity contribution in [2.75, 3.05) is 0 Å². The third kappa shape index (κ3) is 1.85. The summed E-state index contributed by atoms with van der Waals surface area (Å²) < 4.78 is 65.9. The average molecular weight is 258 g/mol. The van der Waals surface area contributed by atoms with Gasteiger partial charge in [-0.25, -0.2) is 22.0 Å². The smallest absolute Gasteiger partial charge is 0.200 e. The Labute approximate surface area is 99.7 Å². The first-order chi connectivity index (χ1) is 8.43. The molecular weight excluding hydrogens is 251 g/mol. The van der Waals surface area contributed by atoms with Gasteiger partial charge in [-0.05, 0) is 12.5 Å². The van der Waals surface area contributed by atoms with E-state index in [4.69, 9.17) is 0 Å². The van der Waals surface area contributed by atoms with Gasteiger partial charge in [0, 0.05) is 0 Å². The van der Waals surface area contributed by atoms with Gasteiger partial charge in [0.25, 0.3) is 0 Å². The van der Waals surface area contributed by atoms with Gasteiger partial charge in [-0.3, -0.25) is 0 Å². The van der Waals surface area contributed by atoms with Crippen LogP contribution in [0.1, 0.15) is 5.56 Å². The summed E-state index contributed by atoms with van der Waals surface area (Å²) in [6, 6.07) is 5.75. The lowest BCUT2D eigenvalue weighted by atomic mass is 10.0. The van der Waals surface area contributed by atoms with Gasteiger partial charge in [0.2, 0.25) is 5.82 Å². The standard InChI is InChI=1S/C13H7F5/c1-6-3-2-4-7(5-6)8-9(14)11(16)13(18)12(17)10(8)15/h2-5H,1H3. The van der Waals surface area contributed by atoms with Crippen molar-refractivity contribution < 1.29 is 22.0 Å². The molecule has 0 N–H and O–H groups in total. The molecular formula is C13H7F5. The van der Waals surface area contributed by atoms with E-state index < -0.39 is 34.6 Å². The van der Waals surface area contributed by atoms with Crippen molar-refractivity contribution in [1.82, 2.24) is 0 Å². The van der Waals surface area contributed by atoms with Crippen molar-refractivity contribution in [1.29, 1.82) is 0 Å². The van der Waals surface area contributed by atoms with E-state index in [-0.39, 0.29) is 5.56 Å². The number of benzene rings is 2. The quantitative estimate of drug-likeness (QED) is 0.405. The van der Waals surface area contributed by atoms with Crippen LogP contribution in [0.25, 0.3) is 11.1 Å². The van der Waals surface area contributed by atoms with Gasteiger partial charge in [0.05, 0.1) is 5.56 Å². The van der Waals surface area contributed by atoms with Crippen LogP contribution >= 0.6 is 0 Å². The van der Waals surface area contributed by atoms with E-state index in [0.717, 1.165) is 0 Å². The predicted molar refractivity (Wildman–Crippen MR) is 56.4 cm³/mol. The Kier molecular flexibility index (Phi) is 3.07. The molecule has 94 valence electrons. The van der Waals surface area contributed by atoms with Crippen molar-refractivity contribution >= 4 is 0 Å². The molecule has 18 heavy (non-hydrogen) atoms. The molecule has 0 bridgehead atoms. The predicted octanol–water partition coefficient (Wildman–Crippen LogP) is 4.36. The molecule has 0 nitrogen and oxygen atoms in total. The van der Waals surface area contributed by atoms with E-state index in [1.54, 1.807) is 13.0 Å². The summed E-state index contributed by atoms with van der Waals surface area (Å²) in [7, 11) is 0. The topological polar surface area (TPSA) is 0 Å². The molecule has 2 rings (SSSR count). The first-order valence-corrected chi connectivity index (χ1v) is 5.02. The molecule has 0 unspecified atom stereocenters. The minimum absolute atomic E-state index is 0.0530. The number of halogens is 5. The van der Waals surface area contributed by atoms with Gasteiger partial charge in [-0.15, -0.1) is 0 Å². The zero-order valence-corrected chi connectivity index (χ0v) is 9.20. The van der Waals surface area contributed by atoms with Crippen molar-refractivity contribution in [2.45, 2.75) is 6.92 Å². The Balaban J connectivity index is 2.80. The van der Waals surface area contributed by atoms with Crippen molar-refractivity contribution in [2.24, 2.45) is 0 Å². The number of hydrogen-bond acceptors (Lipinski definition) is 0. The molecule has 0 saturated heterocycles. The minimum atomic E-state index is -2.15. The van der Waals surface area contributed by atoms with E-state index in [0.29, 0.717) is 5.56 Å². The molecule has 0 spiro atoms. The SMILES string of the molecule is Cc1cccc(-c2c(F)c(F)c(F)c(F)c2F)c1. The maximum absolute atomic E-state index is 13.5. The lowest BCUT2D eigenvalue weighted by Crippen LogP contribution is -2.04. The Morgan fingerprint density at radius 2 is 1.22 bits per heavy atom. The first kappa shape index (κ1) is 12.5. The molecule has 0 aliphatic carbocycles. The molecule has 2 aromatic rings. The molecule has 0 aromatic heterocycles. The van der Waals surface area contributed by atoms with Crippen LogP contribution in [-0.2, 0) is 0 Å². The Morgan fingerprint density at radius 3 is 1.72 bits per heavy atom. The second-order valence-electron chi connectivity index (χ2n) is 3.81. The van der Waals surface area contributed by atoms with E-state index in [9.17, 15) is 22.0 Å². The highest BCUT2D eigenvalue weighted by Crippen LogP contribution is 2.31. The summed E-state index contributed by atoms with van der Waals surface area (Å²) in [4.78, 5) is 0. The van der Waals surface area contributed by atoms with E-state index >= 15 is 0 Å². The fourth-order valence-corrected chi connectivity index (χ4v) is 1.66. The zero-order chi connectivity index (χ0) is 13.4. The largest absolute Gasteiger partial charge is 0.203 e. The highest BCUT2D eigenvalue weighted by molar-refractivity contribution is 5.66. The fraction of sp³-hybridized carbons (Fsp3) is 0.0769. The summed E-state index contributed by atoms with van der Waals surface area (Å²) in [6.07, 6.45) is 0. The second kappa shape index (κ2) is 4.40. The number of hydrogen-bond donors (Lipinski definition) is 0. The van der Waals surface area contributed by atoms with Gasteiger partial charge < -0.3 is 0 Å².